The maximum absolute atomic E-state index is 7.10. The van der Waals surface area contributed by atoms with Gasteiger partial charge in [0.2, 0.25) is 0 Å². The molecule has 11 aromatic rings. The Kier molecular flexibility index (Phi) is 6.42. The number of allylic oxidation sites excluding steroid dienone is 4. The zero-order chi connectivity index (χ0) is 39.1. The molecule has 0 amide bonds. The summed E-state index contributed by atoms with van der Waals surface area (Å²) < 4.78 is 30.2. The molecule has 0 N–H and O–H groups in total. The standard InChI is InChI=1S/C54H32BNO4/c1-3-13-31(14-4-1)33-23-25-39-44(27-33)57-46-29-35(30-47-51(46)55(39)40-26-24-34(28-45(40)58-47)32-15-5-2-6-16-32)56-41-20-10-7-17-36(41)48-52(56)49-37-18-8-11-21-42(37)59-54(49)50-38-19-9-12-22-43(38)60-53(48)50/h1,3-5,7-30H,2,6H2. The molecular weight excluding hydrogens is 737 g/mol. The lowest BCUT2D eigenvalue weighted by molar-refractivity contribution is 0.464. The number of hydrogen-bond donors (Lipinski definition) is 0. The third kappa shape index (κ3) is 4.37. The highest BCUT2D eigenvalue weighted by Gasteiger charge is 2.41. The van der Waals surface area contributed by atoms with Gasteiger partial charge in [-0.25, -0.2) is 0 Å². The molecule has 0 atom stereocenters. The van der Waals surface area contributed by atoms with Gasteiger partial charge >= 0.3 is 0 Å². The van der Waals surface area contributed by atoms with Crippen LogP contribution >= 0.6 is 0 Å². The van der Waals surface area contributed by atoms with Gasteiger partial charge in [-0.3, -0.25) is 0 Å². The van der Waals surface area contributed by atoms with Gasteiger partial charge in [-0.05, 0) is 76.4 Å². The van der Waals surface area contributed by atoms with Gasteiger partial charge in [0.05, 0.1) is 32.9 Å². The molecule has 5 nitrogen and oxygen atoms in total. The average Bonchev–Trinajstić information content (AvgIpc) is 3.99. The first kappa shape index (κ1) is 32.3. The lowest BCUT2D eigenvalue weighted by atomic mass is 9.34. The number of furan rings is 2. The van der Waals surface area contributed by atoms with Gasteiger partial charge in [0.1, 0.15) is 45.3 Å². The molecule has 1 aliphatic carbocycles. The number of hydrogen-bond acceptors (Lipinski definition) is 4. The molecule has 8 aromatic carbocycles. The minimum Gasteiger partial charge on any atom is -0.458 e. The normalized spacial score (nSPS) is 14.1. The number of benzene rings is 8. The van der Waals surface area contributed by atoms with Gasteiger partial charge in [-0.15, -0.1) is 0 Å². The Hall–Kier alpha value is -7.70. The Morgan fingerprint density at radius 1 is 0.483 bits per heavy atom. The van der Waals surface area contributed by atoms with Gasteiger partial charge in [0.25, 0.3) is 6.71 Å². The first-order valence-electron chi connectivity index (χ1n) is 20.7. The van der Waals surface area contributed by atoms with Crippen LogP contribution in [0.1, 0.15) is 18.4 Å². The highest BCUT2D eigenvalue weighted by atomic mass is 16.5. The first-order valence-corrected chi connectivity index (χ1v) is 20.7. The molecule has 2 aliphatic heterocycles. The van der Waals surface area contributed by atoms with Crippen LogP contribution < -0.4 is 25.9 Å². The van der Waals surface area contributed by atoms with Crippen LogP contribution in [-0.4, -0.2) is 11.3 Å². The molecule has 0 saturated carbocycles. The molecule has 14 rings (SSSR count). The fraction of sp³-hybridized carbons (Fsp3) is 0.0370. The third-order valence-corrected chi connectivity index (χ3v) is 12.9. The summed E-state index contributed by atoms with van der Waals surface area (Å²) in [5, 5.41) is 6.26. The molecule has 6 heteroatoms. The summed E-state index contributed by atoms with van der Waals surface area (Å²) in [5.41, 5.74) is 14.2. The van der Waals surface area contributed by atoms with E-state index in [-0.39, 0.29) is 6.71 Å². The Morgan fingerprint density at radius 3 is 1.78 bits per heavy atom. The van der Waals surface area contributed by atoms with Crippen LogP contribution in [0, 0.1) is 0 Å². The van der Waals surface area contributed by atoms with Crippen molar-refractivity contribution >= 4 is 94.4 Å². The summed E-state index contributed by atoms with van der Waals surface area (Å²) in [6.07, 6.45) is 8.92. The Morgan fingerprint density at radius 2 is 1.08 bits per heavy atom. The van der Waals surface area contributed by atoms with Gasteiger partial charge < -0.3 is 22.9 Å². The van der Waals surface area contributed by atoms with Crippen LogP contribution in [-0.2, 0) is 0 Å². The smallest absolute Gasteiger partial charge is 0.260 e. The van der Waals surface area contributed by atoms with Crippen molar-refractivity contribution < 1.29 is 18.3 Å². The third-order valence-electron chi connectivity index (χ3n) is 12.9. The molecule has 0 saturated heterocycles. The van der Waals surface area contributed by atoms with Gasteiger partial charge in [0, 0.05) is 33.8 Å². The van der Waals surface area contributed by atoms with Crippen molar-refractivity contribution in [2.45, 2.75) is 12.8 Å². The quantitative estimate of drug-likeness (QED) is 0.168. The molecule has 5 heterocycles. The average molecular weight is 770 g/mol. The summed E-state index contributed by atoms with van der Waals surface area (Å²) >= 11 is 0. The van der Waals surface area contributed by atoms with Crippen molar-refractivity contribution in [2.75, 3.05) is 0 Å². The van der Waals surface area contributed by atoms with Crippen molar-refractivity contribution in [3.05, 3.63) is 175 Å². The molecule has 0 unspecified atom stereocenters. The molecule has 60 heavy (non-hydrogen) atoms. The van der Waals surface area contributed by atoms with Crippen LogP contribution in [0.25, 0.3) is 88.1 Å². The van der Waals surface area contributed by atoms with Crippen LogP contribution in [0.15, 0.2) is 179 Å². The number of para-hydroxylation sites is 3. The maximum Gasteiger partial charge on any atom is 0.260 e. The van der Waals surface area contributed by atoms with Crippen molar-refractivity contribution in [2.24, 2.45) is 0 Å². The minimum absolute atomic E-state index is 0.0795. The van der Waals surface area contributed by atoms with Crippen molar-refractivity contribution in [3.63, 3.8) is 0 Å². The number of rotatable bonds is 3. The zero-order valence-corrected chi connectivity index (χ0v) is 32.2. The van der Waals surface area contributed by atoms with Crippen molar-refractivity contribution in [1.29, 1.82) is 0 Å². The molecule has 0 radical (unpaired) electrons. The lowest BCUT2D eigenvalue weighted by Crippen LogP contribution is -2.57. The molecule has 3 aliphatic rings. The maximum atomic E-state index is 7.10. The SMILES string of the molecule is C1=CC(c2ccc3c(c2)Oc2cc(-n4c5ccccc5c5c6oc7ccccc7c6c6oc7ccccc7c6c54)cc4c2B3c2ccc(-c3ccccc3)cc2O4)=CCC1. The van der Waals surface area contributed by atoms with E-state index in [1.807, 2.05) is 18.2 Å². The predicted molar refractivity (Wildman–Crippen MR) is 245 cm³/mol. The van der Waals surface area contributed by atoms with Crippen molar-refractivity contribution in [3.8, 4) is 39.8 Å². The highest BCUT2D eigenvalue weighted by molar-refractivity contribution is 6.98. The van der Waals surface area contributed by atoms with Gasteiger partial charge in [-0.2, -0.15) is 0 Å². The summed E-state index contributed by atoms with van der Waals surface area (Å²) in [4.78, 5) is 0. The Balaban J connectivity index is 1.08. The van der Waals surface area contributed by atoms with E-state index >= 15 is 0 Å². The molecular formula is C54H32BNO4. The molecule has 0 spiro atoms. The summed E-state index contributed by atoms with van der Waals surface area (Å²) in [7, 11) is 0. The van der Waals surface area contributed by atoms with E-state index in [0.29, 0.717) is 0 Å². The Bertz CT molecular complexity index is 3700. The summed E-state index contributed by atoms with van der Waals surface area (Å²) in [6, 6.07) is 53.5. The molecule has 0 fully saturated rings. The fourth-order valence-corrected chi connectivity index (χ4v) is 10.3. The highest BCUT2D eigenvalue weighted by Crippen LogP contribution is 2.49. The predicted octanol–water partition coefficient (Wildman–Crippen LogP) is 12.7. The van der Waals surface area contributed by atoms with E-state index in [1.165, 1.54) is 5.57 Å². The van der Waals surface area contributed by atoms with E-state index < -0.39 is 0 Å². The van der Waals surface area contributed by atoms with Crippen LogP contribution in [0.4, 0.5) is 0 Å². The number of aromatic nitrogens is 1. The second kappa shape index (κ2) is 11.9. The van der Waals surface area contributed by atoms with Crippen LogP contribution in [0.5, 0.6) is 23.0 Å². The van der Waals surface area contributed by atoms with E-state index in [0.717, 1.165) is 140 Å². The van der Waals surface area contributed by atoms with Gasteiger partial charge in [-0.1, -0.05) is 127 Å². The summed E-state index contributed by atoms with van der Waals surface area (Å²) in [5.74, 6) is 3.28. The number of nitrogens with zero attached hydrogens (tertiary/aromatic N) is 1. The molecule has 0 bridgehead atoms. The van der Waals surface area contributed by atoms with Crippen molar-refractivity contribution in [1.82, 2.24) is 4.57 Å². The second-order valence-corrected chi connectivity index (χ2v) is 16.2. The van der Waals surface area contributed by atoms with E-state index in [2.05, 4.69) is 156 Å². The monoisotopic (exact) mass is 769 g/mol. The largest absolute Gasteiger partial charge is 0.458 e. The number of fused-ring (bicyclic) bond motifs is 16. The number of ether oxygens (including phenoxy) is 2. The zero-order valence-electron chi connectivity index (χ0n) is 32.2. The molecule has 3 aromatic heterocycles. The first-order chi connectivity index (χ1) is 29.7. The van der Waals surface area contributed by atoms with E-state index in [9.17, 15) is 0 Å². The fourth-order valence-electron chi connectivity index (χ4n) is 10.3. The Labute approximate surface area is 344 Å². The second-order valence-electron chi connectivity index (χ2n) is 16.2. The van der Waals surface area contributed by atoms with Gasteiger partial charge in [0.15, 0.2) is 0 Å². The summed E-state index contributed by atoms with van der Waals surface area (Å²) in [6.45, 7) is -0.0795. The van der Waals surface area contributed by atoms with E-state index in [4.69, 9.17) is 18.3 Å². The topological polar surface area (TPSA) is 49.7 Å². The molecule has 280 valence electrons. The van der Waals surface area contributed by atoms with Crippen LogP contribution in [0.3, 0.4) is 0 Å². The van der Waals surface area contributed by atoms with E-state index in [1.54, 1.807) is 0 Å². The minimum atomic E-state index is -0.0795. The lowest BCUT2D eigenvalue weighted by Gasteiger charge is -2.34. The van der Waals surface area contributed by atoms with Crippen LogP contribution in [0.2, 0.25) is 0 Å².